The van der Waals surface area contributed by atoms with Gasteiger partial charge < -0.3 is 5.32 Å². The average molecular weight is 423 g/mol. The van der Waals surface area contributed by atoms with E-state index in [0.717, 1.165) is 24.8 Å². The number of aromatic nitrogens is 3. The number of hydrogen-bond donors (Lipinski definition) is 1. The first-order valence-corrected chi connectivity index (χ1v) is 10.9. The van der Waals surface area contributed by atoms with Gasteiger partial charge in [0.05, 0.1) is 11.8 Å². The Kier molecular flexibility index (Phi) is 6.28. The van der Waals surface area contributed by atoms with E-state index in [1.807, 2.05) is 16.7 Å². The molecule has 1 aliphatic carbocycles. The molecule has 0 saturated carbocycles. The quantitative estimate of drug-likeness (QED) is 0.448. The van der Waals surface area contributed by atoms with Crippen molar-refractivity contribution in [2.24, 2.45) is 0 Å². The first-order chi connectivity index (χ1) is 14.7. The second-order valence-corrected chi connectivity index (χ2v) is 8.15. The third-order valence-electron chi connectivity index (χ3n) is 5.17. The molecule has 0 unspecified atom stereocenters. The molecule has 1 heterocycles. The number of nitrogens with zero attached hydrogens (tertiary/aromatic N) is 3. The van der Waals surface area contributed by atoms with Gasteiger partial charge in [0.2, 0.25) is 5.91 Å². The minimum absolute atomic E-state index is 0.0295. The van der Waals surface area contributed by atoms with Crippen LogP contribution in [0.15, 0.2) is 66.3 Å². The maximum Gasteiger partial charge on any atom is 0.230 e. The number of benzene rings is 2. The summed E-state index contributed by atoms with van der Waals surface area (Å²) >= 11 is 1.34. The largest absolute Gasteiger partial charge is 0.349 e. The molecular formula is C23H23FN4OS. The van der Waals surface area contributed by atoms with Gasteiger partial charge in [0.15, 0.2) is 11.0 Å². The first kappa shape index (κ1) is 20.3. The predicted octanol–water partition coefficient (Wildman–Crippen LogP) is 4.56. The molecule has 1 amide bonds. The van der Waals surface area contributed by atoms with E-state index in [0.29, 0.717) is 17.5 Å². The van der Waals surface area contributed by atoms with Crippen LogP contribution in [0.4, 0.5) is 4.39 Å². The van der Waals surface area contributed by atoms with Crippen molar-refractivity contribution >= 4 is 17.7 Å². The average Bonchev–Trinajstić information content (AvgIpc) is 3.16. The number of hydrogen-bond acceptors (Lipinski definition) is 4. The van der Waals surface area contributed by atoms with Crippen LogP contribution < -0.4 is 5.32 Å². The highest BCUT2D eigenvalue weighted by Crippen LogP contribution is 2.30. The predicted molar refractivity (Wildman–Crippen MR) is 117 cm³/mol. The molecule has 30 heavy (non-hydrogen) atoms. The summed E-state index contributed by atoms with van der Waals surface area (Å²) in [6.07, 6.45) is 4.84. The highest BCUT2D eigenvalue weighted by atomic mass is 32.2. The normalized spacial score (nSPS) is 15.4. The number of fused-ring (bicyclic) bond motifs is 1. The van der Waals surface area contributed by atoms with Gasteiger partial charge in [-0.05, 0) is 54.7 Å². The van der Waals surface area contributed by atoms with Crippen molar-refractivity contribution in [3.05, 3.63) is 78.1 Å². The minimum Gasteiger partial charge on any atom is -0.349 e. The van der Waals surface area contributed by atoms with Gasteiger partial charge in [0.25, 0.3) is 0 Å². The fourth-order valence-electron chi connectivity index (χ4n) is 3.77. The van der Waals surface area contributed by atoms with Gasteiger partial charge in [-0.1, -0.05) is 42.1 Å². The van der Waals surface area contributed by atoms with Crippen molar-refractivity contribution in [2.45, 2.75) is 37.0 Å². The number of thioether (sulfide) groups is 1. The summed E-state index contributed by atoms with van der Waals surface area (Å²) in [4.78, 5) is 12.6. The maximum absolute atomic E-state index is 13.2. The summed E-state index contributed by atoms with van der Waals surface area (Å²) in [5.74, 6) is 0.540. The van der Waals surface area contributed by atoms with Gasteiger partial charge in [-0.3, -0.25) is 9.36 Å². The molecule has 0 spiro atoms. The standard InChI is InChI=1S/C23H23FN4OS/c1-2-14-28-22(17-10-12-18(24)13-11-17)26-27-23(28)30-15-21(29)25-20-9-5-7-16-6-3-4-8-19(16)20/h2-4,6,8,10-13,20H,1,5,7,9,14-15H2,(H,25,29)/t20-/m0/s1. The number of allylic oxidation sites excluding steroid dienone is 1. The van der Waals surface area contributed by atoms with Crippen molar-refractivity contribution in [1.82, 2.24) is 20.1 Å². The molecule has 2 aromatic carbocycles. The SMILES string of the molecule is C=CCn1c(SCC(=O)N[C@H]2CCCc3ccccc32)nnc1-c1ccc(F)cc1. The summed E-state index contributed by atoms with van der Waals surface area (Å²) in [7, 11) is 0. The van der Waals surface area contributed by atoms with E-state index in [9.17, 15) is 9.18 Å². The van der Waals surface area contributed by atoms with Gasteiger partial charge >= 0.3 is 0 Å². The van der Waals surface area contributed by atoms with E-state index in [-0.39, 0.29) is 23.5 Å². The lowest BCUT2D eigenvalue weighted by Gasteiger charge is -2.26. The smallest absolute Gasteiger partial charge is 0.230 e. The van der Waals surface area contributed by atoms with E-state index in [2.05, 4.69) is 34.2 Å². The van der Waals surface area contributed by atoms with Crippen LogP contribution >= 0.6 is 11.8 Å². The lowest BCUT2D eigenvalue weighted by Crippen LogP contribution is -2.32. The van der Waals surface area contributed by atoms with Crippen LogP contribution in [0.5, 0.6) is 0 Å². The third kappa shape index (κ3) is 4.46. The first-order valence-electron chi connectivity index (χ1n) is 9.95. The number of halogens is 1. The topological polar surface area (TPSA) is 59.8 Å². The lowest BCUT2D eigenvalue weighted by atomic mass is 9.88. The van der Waals surface area contributed by atoms with Gasteiger partial charge in [-0.15, -0.1) is 16.8 Å². The molecule has 1 atom stereocenters. The zero-order valence-corrected chi connectivity index (χ0v) is 17.4. The van der Waals surface area contributed by atoms with Crippen LogP contribution in [0, 0.1) is 5.82 Å². The molecule has 0 aliphatic heterocycles. The van der Waals surface area contributed by atoms with Crippen molar-refractivity contribution in [3.8, 4) is 11.4 Å². The van der Waals surface area contributed by atoms with Crippen LogP contribution in [-0.2, 0) is 17.8 Å². The molecule has 1 aliphatic rings. The van der Waals surface area contributed by atoms with E-state index in [1.54, 1.807) is 18.2 Å². The van der Waals surface area contributed by atoms with Crippen LogP contribution in [-0.4, -0.2) is 26.4 Å². The molecular weight excluding hydrogens is 399 g/mol. The van der Waals surface area contributed by atoms with Crippen LogP contribution in [0.3, 0.4) is 0 Å². The van der Waals surface area contributed by atoms with Crippen molar-refractivity contribution < 1.29 is 9.18 Å². The lowest BCUT2D eigenvalue weighted by molar-refractivity contribution is -0.119. The highest BCUT2D eigenvalue weighted by Gasteiger charge is 2.22. The molecule has 0 saturated heterocycles. The molecule has 5 nitrogen and oxygen atoms in total. The zero-order chi connectivity index (χ0) is 20.9. The Morgan fingerprint density at radius 2 is 2.03 bits per heavy atom. The summed E-state index contributed by atoms with van der Waals surface area (Å²) in [5.41, 5.74) is 3.30. The molecule has 3 aromatic rings. The Morgan fingerprint density at radius 1 is 1.23 bits per heavy atom. The second kappa shape index (κ2) is 9.26. The molecule has 1 N–H and O–H groups in total. The fraction of sp³-hybridized carbons (Fsp3) is 0.261. The number of rotatable bonds is 7. The number of carbonyl (C=O) groups is 1. The molecule has 0 radical (unpaired) electrons. The number of nitrogens with one attached hydrogen (secondary N) is 1. The Bertz CT molecular complexity index is 1050. The van der Waals surface area contributed by atoms with Crippen LogP contribution in [0.25, 0.3) is 11.4 Å². The molecule has 1 aromatic heterocycles. The van der Waals surface area contributed by atoms with Crippen LogP contribution in [0.1, 0.15) is 30.0 Å². The Hall–Kier alpha value is -2.93. The van der Waals surface area contributed by atoms with Gasteiger partial charge in [0.1, 0.15) is 5.82 Å². The molecule has 0 bridgehead atoms. The summed E-state index contributed by atoms with van der Waals surface area (Å²) < 4.78 is 15.1. The highest BCUT2D eigenvalue weighted by molar-refractivity contribution is 7.99. The summed E-state index contributed by atoms with van der Waals surface area (Å²) in [6.45, 7) is 4.29. The number of carbonyl (C=O) groups excluding carboxylic acids is 1. The molecule has 7 heteroatoms. The van der Waals surface area contributed by atoms with Gasteiger partial charge in [-0.25, -0.2) is 4.39 Å². The van der Waals surface area contributed by atoms with E-state index >= 15 is 0 Å². The van der Waals surface area contributed by atoms with E-state index in [1.165, 1.54) is 35.0 Å². The number of amides is 1. The van der Waals surface area contributed by atoms with E-state index < -0.39 is 0 Å². The summed E-state index contributed by atoms with van der Waals surface area (Å²) in [5, 5.41) is 12.3. The Balaban J connectivity index is 1.44. The summed E-state index contributed by atoms with van der Waals surface area (Å²) in [6, 6.07) is 14.5. The van der Waals surface area contributed by atoms with Crippen molar-refractivity contribution in [3.63, 3.8) is 0 Å². The van der Waals surface area contributed by atoms with Crippen molar-refractivity contribution in [2.75, 3.05) is 5.75 Å². The van der Waals surface area contributed by atoms with Gasteiger partial charge in [0, 0.05) is 12.1 Å². The van der Waals surface area contributed by atoms with Crippen LogP contribution in [0.2, 0.25) is 0 Å². The monoisotopic (exact) mass is 422 g/mol. The van der Waals surface area contributed by atoms with Crippen molar-refractivity contribution in [1.29, 1.82) is 0 Å². The molecule has 4 rings (SSSR count). The Morgan fingerprint density at radius 3 is 2.83 bits per heavy atom. The molecule has 154 valence electrons. The second-order valence-electron chi connectivity index (χ2n) is 7.21. The third-order valence-corrected chi connectivity index (χ3v) is 6.13. The van der Waals surface area contributed by atoms with Gasteiger partial charge in [-0.2, -0.15) is 0 Å². The maximum atomic E-state index is 13.2. The minimum atomic E-state index is -0.302. The van der Waals surface area contributed by atoms with E-state index in [4.69, 9.17) is 0 Å². The fourth-order valence-corrected chi connectivity index (χ4v) is 4.53. The molecule has 0 fully saturated rings. The number of aryl methyl sites for hydroxylation is 1. The Labute approximate surface area is 179 Å². The zero-order valence-electron chi connectivity index (χ0n) is 16.6.